The van der Waals surface area contributed by atoms with Gasteiger partial charge in [0.1, 0.15) is 17.0 Å². The second-order valence-electron chi connectivity index (χ2n) is 10.1. The molecule has 184 valence electrons. The summed E-state index contributed by atoms with van der Waals surface area (Å²) in [5.41, 5.74) is -3.91. The molecule has 0 bridgehead atoms. The smallest absolute Gasteiger partial charge is 0.481 e. The topological polar surface area (TPSA) is 99.1 Å². The minimum atomic E-state index is -5.03. The highest BCUT2D eigenvalue weighted by Crippen LogP contribution is 2.49. The molecule has 10 heteroatoms. The van der Waals surface area contributed by atoms with Crippen molar-refractivity contribution < 1.29 is 46.9 Å². The number of carboxylic acids is 1. The molecule has 2 rings (SSSR count). The Kier molecular flexibility index (Phi) is 7.12. The standard InChI is InChI=1S/C23H29F3O7/c1-20(2,3)32-18(29)22(19(30)33-21(4,5)6)11-13(10-17(27)28)14-8-7-9-16(15(14)12-22)31-23(24,25)26/h7-9,13H,10-12H2,1-6H3,(H,27,28). The Morgan fingerprint density at radius 2 is 1.52 bits per heavy atom. The van der Waals surface area contributed by atoms with E-state index in [4.69, 9.17) is 9.47 Å². The highest BCUT2D eigenvalue weighted by molar-refractivity contribution is 6.01. The van der Waals surface area contributed by atoms with E-state index in [0.29, 0.717) is 0 Å². The first-order valence-electron chi connectivity index (χ1n) is 10.4. The van der Waals surface area contributed by atoms with Crippen molar-refractivity contribution in [1.29, 1.82) is 0 Å². The first-order chi connectivity index (χ1) is 14.8. The van der Waals surface area contributed by atoms with Crippen molar-refractivity contribution in [1.82, 2.24) is 0 Å². The van der Waals surface area contributed by atoms with E-state index in [-0.39, 0.29) is 17.5 Å². The monoisotopic (exact) mass is 474 g/mol. The SMILES string of the molecule is CC(C)(C)OC(=O)C1(C(=O)OC(C)(C)C)Cc2c(OC(F)(F)F)cccc2C(CC(=O)O)C1. The van der Waals surface area contributed by atoms with Crippen LogP contribution in [0.3, 0.4) is 0 Å². The number of carboxylic acid groups (broad SMARTS) is 1. The predicted octanol–water partition coefficient (Wildman–Crippen LogP) is 4.76. The Morgan fingerprint density at radius 3 is 1.94 bits per heavy atom. The molecule has 0 saturated heterocycles. The van der Waals surface area contributed by atoms with E-state index in [0.717, 1.165) is 6.07 Å². The van der Waals surface area contributed by atoms with Crippen molar-refractivity contribution >= 4 is 17.9 Å². The van der Waals surface area contributed by atoms with Gasteiger partial charge in [0.15, 0.2) is 5.41 Å². The number of fused-ring (bicyclic) bond motifs is 1. The largest absolute Gasteiger partial charge is 0.573 e. The molecule has 1 aliphatic carbocycles. The third-order valence-electron chi connectivity index (χ3n) is 4.91. The summed E-state index contributed by atoms with van der Waals surface area (Å²) >= 11 is 0. The number of esters is 2. The van der Waals surface area contributed by atoms with Gasteiger partial charge in [-0.05, 0) is 71.1 Å². The van der Waals surface area contributed by atoms with Gasteiger partial charge in [-0.25, -0.2) is 0 Å². The molecule has 1 atom stereocenters. The number of rotatable bonds is 5. The van der Waals surface area contributed by atoms with Crippen LogP contribution >= 0.6 is 0 Å². The van der Waals surface area contributed by atoms with Crippen LogP contribution in [-0.4, -0.2) is 40.6 Å². The highest BCUT2D eigenvalue weighted by Gasteiger charge is 2.56. The molecule has 1 aliphatic rings. The van der Waals surface area contributed by atoms with Gasteiger partial charge in [0.05, 0.1) is 6.42 Å². The molecule has 0 saturated carbocycles. The number of hydrogen-bond acceptors (Lipinski definition) is 6. The van der Waals surface area contributed by atoms with Crippen LogP contribution in [0, 0.1) is 5.41 Å². The van der Waals surface area contributed by atoms with Gasteiger partial charge in [0.2, 0.25) is 0 Å². The fraction of sp³-hybridized carbons (Fsp3) is 0.609. The van der Waals surface area contributed by atoms with Crippen molar-refractivity contribution in [3.8, 4) is 5.75 Å². The number of carbonyl (C=O) groups excluding carboxylic acids is 2. The van der Waals surface area contributed by atoms with Gasteiger partial charge in [-0.15, -0.1) is 13.2 Å². The van der Waals surface area contributed by atoms with E-state index >= 15 is 0 Å². The van der Waals surface area contributed by atoms with Gasteiger partial charge in [-0.1, -0.05) is 12.1 Å². The summed E-state index contributed by atoms with van der Waals surface area (Å²) in [6, 6.07) is 3.84. The molecule has 0 radical (unpaired) electrons. The lowest BCUT2D eigenvalue weighted by Gasteiger charge is -2.41. The van der Waals surface area contributed by atoms with E-state index in [9.17, 15) is 32.7 Å². The van der Waals surface area contributed by atoms with Gasteiger partial charge in [-0.3, -0.25) is 14.4 Å². The summed E-state index contributed by atoms with van der Waals surface area (Å²) in [5, 5.41) is 9.42. The van der Waals surface area contributed by atoms with Gasteiger partial charge in [0, 0.05) is 6.42 Å². The van der Waals surface area contributed by atoms with Crippen LogP contribution in [-0.2, 0) is 30.3 Å². The molecule has 0 amide bonds. The zero-order chi connectivity index (χ0) is 25.4. The summed E-state index contributed by atoms with van der Waals surface area (Å²) in [5.74, 6) is -4.79. The lowest BCUT2D eigenvalue weighted by molar-refractivity contribution is -0.275. The van der Waals surface area contributed by atoms with Gasteiger partial charge < -0.3 is 19.3 Å². The van der Waals surface area contributed by atoms with Gasteiger partial charge >= 0.3 is 24.3 Å². The second-order valence-corrected chi connectivity index (χ2v) is 10.1. The van der Waals surface area contributed by atoms with Crippen molar-refractivity contribution in [3.63, 3.8) is 0 Å². The average Bonchev–Trinajstić information content (AvgIpc) is 2.57. The van der Waals surface area contributed by atoms with E-state index in [1.165, 1.54) is 12.1 Å². The fourth-order valence-electron chi connectivity index (χ4n) is 3.82. The number of carbonyl (C=O) groups is 3. The first-order valence-corrected chi connectivity index (χ1v) is 10.4. The highest BCUT2D eigenvalue weighted by atomic mass is 19.4. The Labute approximate surface area is 190 Å². The molecule has 1 N–H and O–H groups in total. The quantitative estimate of drug-likeness (QED) is 0.485. The van der Waals surface area contributed by atoms with Crippen LogP contribution in [0.4, 0.5) is 13.2 Å². The molecule has 7 nitrogen and oxygen atoms in total. The van der Waals surface area contributed by atoms with Crippen molar-refractivity contribution in [2.75, 3.05) is 0 Å². The Balaban J connectivity index is 2.72. The maximum absolute atomic E-state index is 13.4. The number of hydrogen-bond donors (Lipinski definition) is 1. The molecule has 0 aromatic heterocycles. The molecule has 0 heterocycles. The van der Waals surface area contributed by atoms with E-state index in [1.54, 1.807) is 41.5 Å². The third kappa shape index (κ3) is 6.85. The number of aliphatic carboxylic acids is 1. The molecule has 1 aromatic rings. The number of alkyl halides is 3. The number of halogens is 3. The van der Waals surface area contributed by atoms with Crippen LogP contribution in [0.5, 0.6) is 5.75 Å². The minimum Gasteiger partial charge on any atom is -0.481 e. The molecular formula is C23H29F3O7. The van der Waals surface area contributed by atoms with Crippen molar-refractivity contribution in [2.45, 2.75) is 84.3 Å². The summed E-state index contributed by atoms with van der Waals surface area (Å²) in [6.07, 6.45) is -6.34. The Hall–Kier alpha value is -2.78. The average molecular weight is 474 g/mol. The zero-order valence-corrected chi connectivity index (χ0v) is 19.5. The molecular weight excluding hydrogens is 445 g/mol. The van der Waals surface area contributed by atoms with Crippen LogP contribution in [0.15, 0.2) is 18.2 Å². The lowest BCUT2D eigenvalue weighted by Crippen LogP contribution is -2.50. The summed E-state index contributed by atoms with van der Waals surface area (Å²) in [6.45, 7) is 9.48. The summed E-state index contributed by atoms with van der Waals surface area (Å²) in [7, 11) is 0. The minimum absolute atomic E-state index is 0.0796. The van der Waals surface area contributed by atoms with Crippen molar-refractivity contribution in [3.05, 3.63) is 29.3 Å². The van der Waals surface area contributed by atoms with Crippen LogP contribution < -0.4 is 4.74 Å². The number of benzene rings is 1. The fourth-order valence-corrected chi connectivity index (χ4v) is 3.82. The third-order valence-corrected chi connectivity index (χ3v) is 4.91. The predicted molar refractivity (Wildman–Crippen MR) is 111 cm³/mol. The van der Waals surface area contributed by atoms with E-state index in [1.807, 2.05) is 0 Å². The lowest BCUT2D eigenvalue weighted by atomic mass is 9.65. The van der Waals surface area contributed by atoms with Crippen LogP contribution in [0.2, 0.25) is 0 Å². The normalized spacial score (nSPS) is 18.2. The van der Waals surface area contributed by atoms with Crippen LogP contribution in [0.25, 0.3) is 0 Å². The summed E-state index contributed by atoms with van der Waals surface area (Å²) < 4.78 is 54.3. The molecule has 0 aliphatic heterocycles. The molecule has 1 aromatic carbocycles. The second kappa shape index (κ2) is 8.87. The molecule has 1 unspecified atom stereocenters. The van der Waals surface area contributed by atoms with Crippen molar-refractivity contribution in [2.24, 2.45) is 5.41 Å². The van der Waals surface area contributed by atoms with Gasteiger partial charge in [-0.2, -0.15) is 0 Å². The maximum atomic E-state index is 13.4. The van der Waals surface area contributed by atoms with Gasteiger partial charge in [0.25, 0.3) is 0 Å². The Bertz CT molecular complexity index is 895. The molecule has 0 spiro atoms. The molecule has 33 heavy (non-hydrogen) atoms. The molecule has 0 fully saturated rings. The maximum Gasteiger partial charge on any atom is 0.573 e. The first kappa shape index (κ1) is 26.5. The van der Waals surface area contributed by atoms with E-state index < -0.39 is 65.4 Å². The van der Waals surface area contributed by atoms with E-state index in [2.05, 4.69) is 4.74 Å². The van der Waals surface area contributed by atoms with Crippen LogP contribution in [0.1, 0.15) is 71.4 Å². The zero-order valence-electron chi connectivity index (χ0n) is 19.5. The Morgan fingerprint density at radius 1 is 1.00 bits per heavy atom. The summed E-state index contributed by atoms with van der Waals surface area (Å²) in [4.78, 5) is 38.3. The number of ether oxygens (including phenoxy) is 3.